The van der Waals surface area contributed by atoms with E-state index in [9.17, 15) is 22.9 Å². The second kappa shape index (κ2) is 8.81. The van der Waals surface area contributed by atoms with E-state index in [0.717, 1.165) is 0 Å². The third-order valence-electron chi connectivity index (χ3n) is 5.00. The number of phenols is 1. The summed E-state index contributed by atoms with van der Waals surface area (Å²) in [6.07, 6.45) is 0. The Bertz CT molecular complexity index is 1500. The maximum Gasteiger partial charge on any atom is 0.294 e. The molecule has 0 bridgehead atoms. The van der Waals surface area contributed by atoms with Gasteiger partial charge in [-0.05, 0) is 54.3 Å². The van der Waals surface area contributed by atoms with Crippen LogP contribution in [0.25, 0.3) is 10.8 Å². The van der Waals surface area contributed by atoms with E-state index >= 15 is 0 Å². The fourth-order valence-electron chi connectivity index (χ4n) is 3.32. The van der Waals surface area contributed by atoms with E-state index in [-0.39, 0.29) is 21.9 Å². The molecule has 0 atom stereocenters. The van der Waals surface area contributed by atoms with Crippen LogP contribution in [0.2, 0.25) is 0 Å². The minimum atomic E-state index is -4.34. The molecule has 0 unspecified atom stereocenters. The molecule has 0 aliphatic carbocycles. The third-order valence-corrected chi connectivity index (χ3v) is 5.84. The van der Waals surface area contributed by atoms with Crippen LogP contribution >= 0.6 is 0 Å². The smallest absolute Gasteiger partial charge is 0.294 e. The SMILES string of the molecule is Cc1cc(S(=O)(=O)O)ccc1N=Nc1c(O)c(C(=O)Nc2ccccc2)cc2ccccc12. The molecule has 0 spiro atoms. The molecular weight excluding hydrogens is 442 g/mol. The molecule has 0 saturated carbocycles. The van der Waals surface area contributed by atoms with Gasteiger partial charge in [-0.2, -0.15) is 13.5 Å². The number of hydrogen-bond acceptors (Lipinski definition) is 6. The number of nitrogens with one attached hydrogen (secondary N) is 1. The molecular formula is C24H19N3O5S. The summed E-state index contributed by atoms with van der Waals surface area (Å²) < 4.78 is 31.9. The van der Waals surface area contributed by atoms with Crippen molar-refractivity contribution in [3.63, 3.8) is 0 Å². The first-order valence-corrected chi connectivity index (χ1v) is 11.3. The first-order valence-electron chi connectivity index (χ1n) is 9.85. The van der Waals surface area contributed by atoms with Crippen LogP contribution in [0.15, 0.2) is 94.0 Å². The van der Waals surface area contributed by atoms with Gasteiger partial charge in [-0.25, -0.2) is 0 Å². The van der Waals surface area contributed by atoms with Gasteiger partial charge in [0.05, 0.1) is 16.1 Å². The van der Waals surface area contributed by atoms with Crippen LogP contribution in [0.5, 0.6) is 5.75 Å². The molecule has 0 heterocycles. The highest BCUT2D eigenvalue weighted by atomic mass is 32.2. The number of hydrogen-bond donors (Lipinski definition) is 3. The summed E-state index contributed by atoms with van der Waals surface area (Å²) in [6, 6.07) is 21.4. The minimum absolute atomic E-state index is 0.0324. The Balaban J connectivity index is 1.77. The fourth-order valence-corrected chi connectivity index (χ4v) is 3.88. The highest BCUT2D eigenvalue weighted by Crippen LogP contribution is 2.40. The van der Waals surface area contributed by atoms with Gasteiger partial charge in [0.1, 0.15) is 5.69 Å². The lowest BCUT2D eigenvalue weighted by molar-refractivity contribution is 0.102. The van der Waals surface area contributed by atoms with Gasteiger partial charge in [-0.15, -0.1) is 5.11 Å². The van der Waals surface area contributed by atoms with Gasteiger partial charge >= 0.3 is 0 Å². The van der Waals surface area contributed by atoms with Gasteiger partial charge in [0.25, 0.3) is 16.0 Å². The summed E-state index contributed by atoms with van der Waals surface area (Å²) in [5.41, 5.74) is 1.50. The molecule has 3 N–H and O–H groups in total. The lowest BCUT2D eigenvalue weighted by Gasteiger charge is -2.11. The number of nitrogens with zero attached hydrogens (tertiary/aromatic N) is 2. The zero-order valence-corrected chi connectivity index (χ0v) is 18.2. The van der Waals surface area contributed by atoms with Crippen LogP contribution in [0.4, 0.5) is 17.1 Å². The summed E-state index contributed by atoms with van der Waals surface area (Å²) in [6.45, 7) is 1.62. The standard InChI is InChI=1S/C24H19N3O5S/c1-15-13-18(33(30,31)32)11-12-21(15)26-27-22-19-10-6-5-7-16(19)14-20(23(22)28)24(29)25-17-8-3-2-4-9-17/h2-14,28H,1H3,(H,25,29)(H,30,31,32). The second-order valence-corrected chi connectivity index (χ2v) is 8.71. The van der Waals surface area contributed by atoms with Crippen molar-refractivity contribution in [3.8, 4) is 5.75 Å². The van der Waals surface area contributed by atoms with Crippen LogP contribution in [0.3, 0.4) is 0 Å². The Morgan fingerprint density at radius 2 is 1.61 bits per heavy atom. The van der Waals surface area contributed by atoms with Crippen molar-refractivity contribution in [1.29, 1.82) is 0 Å². The molecule has 0 saturated heterocycles. The van der Waals surface area contributed by atoms with Crippen molar-refractivity contribution in [2.75, 3.05) is 5.32 Å². The van der Waals surface area contributed by atoms with E-state index in [1.807, 2.05) is 6.07 Å². The van der Waals surface area contributed by atoms with Crippen molar-refractivity contribution < 1.29 is 22.9 Å². The average Bonchev–Trinajstić information content (AvgIpc) is 2.79. The Kier molecular flexibility index (Phi) is 5.91. The second-order valence-electron chi connectivity index (χ2n) is 7.29. The van der Waals surface area contributed by atoms with Gasteiger partial charge in [0.15, 0.2) is 5.75 Å². The van der Waals surface area contributed by atoms with E-state index in [0.29, 0.717) is 27.7 Å². The molecule has 0 radical (unpaired) electrons. The molecule has 0 aliphatic heterocycles. The molecule has 33 heavy (non-hydrogen) atoms. The Labute approximate surface area is 190 Å². The Morgan fingerprint density at radius 3 is 2.30 bits per heavy atom. The normalized spacial score (nSPS) is 11.7. The zero-order valence-electron chi connectivity index (χ0n) is 17.4. The zero-order chi connectivity index (χ0) is 23.6. The van der Waals surface area contributed by atoms with E-state index < -0.39 is 16.0 Å². The number of azo groups is 1. The number of fused-ring (bicyclic) bond motifs is 1. The summed E-state index contributed by atoms with van der Waals surface area (Å²) in [7, 11) is -4.34. The van der Waals surface area contributed by atoms with E-state index in [1.165, 1.54) is 18.2 Å². The summed E-state index contributed by atoms with van der Waals surface area (Å²) >= 11 is 0. The molecule has 8 nitrogen and oxygen atoms in total. The largest absolute Gasteiger partial charge is 0.505 e. The van der Waals surface area contributed by atoms with Gasteiger partial charge in [0.2, 0.25) is 0 Å². The predicted molar refractivity (Wildman–Crippen MR) is 125 cm³/mol. The van der Waals surface area contributed by atoms with Crippen LogP contribution in [-0.2, 0) is 10.1 Å². The van der Waals surface area contributed by atoms with Gasteiger partial charge < -0.3 is 10.4 Å². The number of aromatic hydroxyl groups is 1. The maximum atomic E-state index is 12.9. The molecule has 4 aromatic rings. The molecule has 4 aromatic carbocycles. The lowest BCUT2D eigenvalue weighted by atomic mass is 10.0. The summed E-state index contributed by atoms with van der Waals surface area (Å²) in [5, 5.41) is 23.3. The van der Waals surface area contributed by atoms with Crippen LogP contribution in [-0.4, -0.2) is 24.0 Å². The number of carbonyl (C=O) groups is 1. The van der Waals surface area contributed by atoms with E-state index in [2.05, 4.69) is 15.5 Å². The van der Waals surface area contributed by atoms with Crippen LogP contribution in [0, 0.1) is 6.92 Å². The summed E-state index contributed by atoms with van der Waals surface area (Å²) in [4.78, 5) is 12.6. The first-order chi connectivity index (χ1) is 15.7. The number of benzene rings is 4. The fraction of sp³-hybridized carbons (Fsp3) is 0.0417. The van der Waals surface area contributed by atoms with Crippen LogP contribution < -0.4 is 5.32 Å². The van der Waals surface area contributed by atoms with Gasteiger partial charge in [0, 0.05) is 11.1 Å². The quantitative estimate of drug-likeness (QED) is 0.257. The molecule has 1 amide bonds. The highest BCUT2D eigenvalue weighted by molar-refractivity contribution is 7.85. The molecule has 0 aliphatic rings. The number of rotatable bonds is 5. The van der Waals surface area contributed by atoms with Crippen molar-refractivity contribution in [2.45, 2.75) is 11.8 Å². The van der Waals surface area contributed by atoms with Crippen molar-refractivity contribution in [2.24, 2.45) is 10.2 Å². The number of amides is 1. The van der Waals surface area contributed by atoms with Crippen molar-refractivity contribution >= 4 is 43.9 Å². The maximum absolute atomic E-state index is 12.9. The number of aryl methyl sites for hydroxylation is 1. The van der Waals surface area contributed by atoms with Gasteiger partial charge in [-0.1, -0.05) is 42.5 Å². The van der Waals surface area contributed by atoms with E-state index in [1.54, 1.807) is 61.5 Å². The average molecular weight is 461 g/mol. The topological polar surface area (TPSA) is 128 Å². The number of anilines is 1. The monoisotopic (exact) mass is 461 g/mol. The number of carbonyl (C=O) groups excluding carboxylic acids is 1. The van der Waals surface area contributed by atoms with Gasteiger partial charge in [-0.3, -0.25) is 9.35 Å². The van der Waals surface area contributed by atoms with Crippen molar-refractivity contribution in [3.05, 3.63) is 90.0 Å². The highest BCUT2D eigenvalue weighted by Gasteiger charge is 2.19. The Hall–Kier alpha value is -4.08. The molecule has 166 valence electrons. The molecule has 4 rings (SSSR count). The lowest BCUT2D eigenvalue weighted by Crippen LogP contribution is -2.12. The minimum Gasteiger partial charge on any atom is -0.505 e. The molecule has 9 heteroatoms. The van der Waals surface area contributed by atoms with E-state index in [4.69, 9.17) is 0 Å². The van der Waals surface area contributed by atoms with Crippen molar-refractivity contribution in [1.82, 2.24) is 0 Å². The predicted octanol–water partition coefficient (Wildman–Crippen LogP) is 5.77. The molecule has 0 fully saturated rings. The first kappa shape index (κ1) is 22.1. The Morgan fingerprint density at radius 1 is 0.909 bits per heavy atom. The molecule has 0 aromatic heterocycles. The third kappa shape index (κ3) is 4.74. The summed E-state index contributed by atoms with van der Waals surface area (Å²) in [5.74, 6) is -0.840. The van der Waals surface area contributed by atoms with Crippen LogP contribution in [0.1, 0.15) is 15.9 Å². The number of para-hydroxylation sites is 1. The number of phenolic OH excluding ortho intramolecular Hbond substituents is 1.